The molecule has 0 bridgehead atoms. The van der Waals surface area contributed by atoms with Crippen molar-refractivity contribution in [2.24, 2.45) is 0 Å². The van der Waals surface area contributed by atoms with Gasteiger partial charge in [-0.2, -0.15) is 0 Å². The van der Waals surface area contributed by atoms with Crippen molar-refractivity contribution in [1.29, 1.82) is 0 Å². The maximum Gasteiger partial charge on any atom is 0.126 e. The molecule has 3 aromatic carbocycles. The monoisotopic (exact) mass is 591 g/mol. The van der Waals surface area contributed by atoms with Gasteiger partial charge in [0.2, 0.25) is 0 Å². The first-order valence-electron chi connectivity index (χ1n) is 9.96. The predicted molar refractivity (Wildman–Crippen MR) is 123 cm³/mol. The Kier molecular flexibility index (Phi) is 6.81. The topological polar surface area (TPSA) is 43.1 Å². The fourth-order valence-electron chi connectivity index (χ4n) is 3.25. The van der Waals surface area contributed by atoms with Crippen LogP contribution in [-0.2, 0) is 20.1 Å². The predicted octanol–water partition coefficient (Wildman–Crippen LogP) is 5.90. The molecule has 0 N–H and O–H groups in total. The minimum Gasteiger partial charge on any atom is -0.316 e. The summed E-state index contributed by atoms with van der Waals surface area (Å²) in [6, 6.07) is 35.8. The second-order valence-corrected chi connectivity index (χ2v) is 6.90. The van der Waals surface area contributed by atoms with E-state index in [2.05, 4.69) is 27.1 Å². The number of hydrogen-bond donors (Lipinski definition) is 0. The zero-order valence-electron chi connectivity index (χ0n) is 17.0. The first kappa shape index (κ1) is 21.6. The number of hydrogen-bond acceptors (Lipinski definition) is 3. The third kappa shape index (κ3) is 4.80. The molecule has 157 valence electrons. The molecule has 0 amide bonds. The zero-order chi connectivity index (χ0) is 20.9. The van der Waals surface area contributed by atoms with Gasteiger partial charge in [-0.25, -0.2) is 0 Å². The van der Waals surface area contributed by atoms with Crippen LogP contribution in [0.25, 0.3) is 39.2 Å². The van der Waals surface area contributed by atoms with E-state index in [1.54, 1.807) is 0 Å². The van der Waals surface area contributed by atoms with E-state index < -0.39 is 0 Å². The van der Waals surface area contributed by atoms with Crippen molar-refractivity contribution in [3.63, 3.8) is 0 Å². The molecular weight excluding hydrogens is 573 g/mol. The molecule has 32 heavy (non-hydrogen) atoms. The number of rotatable bonds is 2. The smallest absolute Gasteiger partial charge is 0.126 e. The molecule has 0 saturated carbocycles. The van der Waals surface area contributed by atoms with Gasteiger partial charge in [-0.05, 0) is 24.4 Å². The van der Waals surface area contributed by atoms with Crippen molar-refractivity contribution < 1.29 is 20.1 Å². The number of benzene rings is 3. The van der Waals surface area contributed by atoms with E-state index in [1.807, 2.05) is 114 Å². The summed E-state index contributed by atoms with van der Waals surface area (Å²) in [5.74, 6) is 0.722. The summed E-state index contributed by atoms with van der Waals surface area (Å²) < 4.78 is 2.01. The molecular formula is C27H18IrN4-2. The standard InChI is InChI=1S/C14H9N2.C13H9N2.Ir/c1-2-6-11(7-3-1)14-15-10-12-8-4-5-9-13(12)16-14;1-2-6-11(7-3-1)12-10-15-9-5-4-8-13(15)14-12;/h1-6,8-10H;1-6,8-10H;/q2*-1;. The van der Waals surface area contributed by atoms with Crippen LogP contribution in [0.5, 0.6) is 0 Å². The molecule has 0 atom stereocenters. The number of nitrogens with zero attached hydrogens (tertiary/aromatic N) is 4. The van der Waals surface area contributed by atoms with Gasteiger partial charge in [-0.3, -0.25) is 15.0 Å². The molecule has 6 aromatic rings. The molecule has 0 spiro atoms. The molecule has 0 unspecified atom stereocenters. The molecule has 3 heterocycles. The minimum absolute atomic E-state index is 0. The van der Waals surface area contributed by atoms with Gasteiger partial charge < -0.3 is 4.40 Å². The number of pyridine rings is 1. The van der Waals surface area contributed by atoms with E-state index >= 15 is 0 Å². The van der Waals surface area contributed by atoms with Crippen molar-refractivity contribution in [2.75, 3.05) is 0 Å². The van der Waals surface area contributed by atoms with Gasteiger partial charge in [0.25, 0.3) is 0 Å². The Morgan fingerprint density at radius 2 is 1.41 bits per heavy atom. The molecule has 1 radical (unpaired) electrons. The summed E-state index contributed by atoms with van der Waals surface area (Å²) in [6.07, 6.45) is 5.86. The van der Waals surface area contributed by atoms with Gasteiger partial charge >= 0.3 is 0 Å². The number of imidazole rings is 1. The first-order valence-corrected chi connectivity index (χ1v) is 9.96. The van der Waals surface area contributed by atoms with Crippen molar-refractivity contribution in [2.45, 2.75) is 0 Å². The summed E-state index contributed by atoms with van der Waals surface area (Å²) in [6.45, 7) is 0. The van der Waals surface area contributed by atoms with E-state index in [1.165, 1.54) is 0 Å². The number of para-hydroxylation sites is 1. The Balaban J connectivity index is 0.000000149. The molecule has 5 heteroatoms. The summed E-state index contributed by atoms with van der Waals surface area (Å²) in [4.78, 5) is 13.4. The average molecular weight is 591 g/mol. The van der Waals surface area contributed by atoms with Gasteiger partial charge in [0.15, 0.2) is 0 Å². The van der Waals surface area contributed by atoms with Crippen molar-refractivity contribution in [3.8, 4) is 22.6 Å². The van der Waals surface area contributed by atoms with Crippen LogP contribution >= 0.6 is 0 Å². The van der Waals surface area contributed by atoms with E-state index in [-0.39, 0.29) is 20.1 Å². The Bertz CT molecular complexity index is 1400. The molecule has 0 aliphatic carbocycles. The van der Waals surface area contributed by atoms with Crippen LogP contribution in [-0.4, -0.2) is 19.4 Å². The van der Waals surface area contributed by atoms with Crippen LogP contribution < -0.4 is 0 Å². The van der Waals surface area contributed by atoms with Crippen molar-refractivity contribution in [1.82, 2.24) is 19.4 Å². The SMILES string of the molecule is [Ir].[c-]1ccccc1-c1cn2ccccc2n1.[c-]1ccccc1-c1ncc2ccccc2n1. The van der Waals surface area contributed by atoms with Gasteiger partial charge in [0.1, 0.15) is 5.65 Å². The van der Waals surface area contributed by atoms with Crippen LogP contribution in [0.1, 0.15) is 0 Å². The van der Waals surface area contributed by atoms with Crippen molar-refractivity contribution in [3.05, 3.63) is 122 Å². The Morgan fingerprint density at radius 3 is 2.16 bits per heavy atom. The van der Waals surface area contributed by atoms with Crippen LogP contribution in [0.15, 0.2) is 110 Å². The first-order chi connectivity index (χ1) is 15.4. The third-order valence-corrected chi connectivity index (χ3v) is 4.79. The van der Waals surface area contributed by atoms with E-state index in [0.29, 0.717) is 0 Å². The molecule has 0 aliphatic heterocycles. The molecule has 3 aromatic heterocycles. The molecule has 4 nitrogen and oxygen atoms in total. The van der Waals surface area contributed by atoms with Crippen LogP contribution in [0.2, 0.25) is 0 Å². The second-order valence-electron chi connectivity index (χ2n) is 6.90. The molecule has 0 saturated heterocycles. The Morgan fingerprint density at radius 1 is 0.688 bits per heavy atom. The average Bonchev–Trinajstić information content (AvgIpc) is 3.30. The normalized spacial score (nSPS) is 10.2. The Labute approximate surface area is 200 Å². The van der Waals surface area contributed by atoms with Crippen LogP contribution in [0.4, 0.5) is 0 Å². The summed E-state index contributed by atoms with van der Waals surface area (Å²) >= 11 is 0. The van der Waals surface area contributed by atoms with E-state index in [9.17, 15) is 0 Å². The maximum atomic E-state index is 4.51. The van der Waals surface area contributed by atoms with Gasteiger partial charge in [-0.1, -0.05) is 24.3 Å². The number of fused-ring (bicyclic) bond motifs is 2. The number of aromatic nitrogens is 4. The van der Waals surface area contributed by atoms with Gasteiger partial charge in [0, 0.05) is 43.6 Å². The van der Waals surface area contributed by atoms with Gasteiger partial charge in [-0.15, -0.1) is 71.8 Å². The third-order valence-electron chi connectivity index (χ3n) is 4.79. The summed E-state index contributed by atoms with van der Waals surface area (Å²) in [5, 5.41) is 1.06. The minimum atomic E-state index is 0. The van der Waals surface area contributed by atoms with Crippen LogP contribution in [0.3, 0.4) is 0 Å². The van der Waals surface area contributed by atoms with E-state index in [0.717, 1.165) is 39.2 Å². The quantitative estimate of drug-likeness (QED) is 0.236. The molecule has 0 aliphatic rings. The van der Waals surface area contributed by atoms with E-state index in [4.69, 9.17) is 0 Å². The maximum absolute atomic E-state index is 4.51. The Hall–Kier alpha value is -3.66. The molecule has 0 fully saturated rings. The summed E-state index contributed by atoms with van der Waals surface area (Å²) in [5.41, 5.74) is 4.84. The molecule has 6 rings (SSSR count). The van der Waals surface area contributed by atoms with Gasteiger partial charge in [0.05, 0.1) is 11.3 Å². The van der Waals surface area contributed by atoms with Crippen molar-refractivity contribution >= 4 is 16.6 Å². The fourth-order valence-corrected chi connectivity index (χ4v) is 3.25. The largest absolute Gasteiger partial charge is 0.316 e. The fraction of sp³-hybridized carbons (Fsp3) is 0. The summed E-state index contributed by atoms with van der Waals surface area (Å²) in [7, 11) is 0. The van der Waals surface area contributed by atoms with Crippen LogP contribution in [0, 0.1) is 12.1 Å². The zero-order valence-corrected chi connectivity index (χ0v) is 19.4. The second kappa shape index (κ2) is 10.1.